The van der Waals surface area contributed by atoms with Crippen molar-refractivity contribution in [3.05, 3.63) is 30.3 Å². The molecular weight excluding hydrogens is 306 g/mol. The molecule has 0 radical (unpaired) electrons. The number of ether oxygens (including phenoxy) is 2. The molecule has 8 nitrogen and oxygen atoms in total. The summed E-state index contributed by atoms with van der Waals surface area (Å²) in [5.74, 6) is -2.87. The molecule has 23 heavy (non-hydrogen) atoms. The minimum atomic E-state index is -1.82. The van der Waals surface area contributed by atoms with E-state index in [2.05, 4.69) is 5.32 Å². The van der Waals surface area contributed by atoms with Crippen LogP contribution in [0.5, 0.6) is 5.75 Å². The van der Waals surface area contributed by atoms with E-state index in [4.69, 9.17) is 29.3 Å². The van der Waals surface area contributed by atoms with Gasteiger partial charge in [-0.25, -0.2) is 9.59 Å². The van der Waals surface area contributed by atoms with Crippen molar-refractivity contribution in [2.24, 2.45) is 0 Å². The topological polar surface area (TPSA) is 125 Å². The summed E-state index contributed by atoms with van der Waals surface area (Å²) in [4.78, 5) is 18.2. The summed E-state index contributed by atoms with van der Waals surface area (Å²) in [6, 6.07) is 9.70. The Morgan fingerprint density at radius 1 is 1.13 bits per heavy atom. The van der Waals surface area contributed by atoms with Crippen LogP contribution in [-0.2, 0) is 14.3 Å². The van der Waals surface area contributed by atoms with Gasteiger partial charge in [0.2, 0.25) is 0 Å². The molecule has 2 unspecified atom stereocenters. The van der Waals surface area contributed by atoms with E-state index in [9.17, 15) is 5.11 Å². The van der Waals surface area contributed by atoms with Crippen molar-refractivity contribution >= 4 is 11.9 Å². The maximum Gasteiger partial charge on any atom is 0.414 e. The number of aliphatic hydroxyl groups excluding tert-OH is 1. The molecule has 0 aliphatic heterocycles. The second kappa shape index (κ2) is 12.4. The van der Waals surface area contributed by atoms with Crippen LogP contribution in [0.2, 0.25) is 0 Å². The van der Waals surface area contributed by atoms with E-state index >= 15 is 0 Å². The molecule has 4 N–H and O–H groups in total. The molecule has 0 saturated heterocycles. The van der Waals surface area contributed by atoms with E-state index in [1.54, 1.807) is 7.11 Å². The number of nitrogens with one attached hydrogen (secondary N) is 1. The second-order valence-electron chi connectivity index (χ2n) is 4.65. The standard InChI is InChI=1S/C13H21NO3.C2H2O4/c1-11(9-16-2)14-8-12(15)10-17-13-6-4-3-5-7-13;3-1(4)2(5)6/h3-7,11-12,14-15H,8-10H2,1-2H3;(H,3,4)(H,5,6). The SMILES string of the molecule is COCC(C)NCC(O)COc1ccccc1.O=C(O)C(=O)O. The Hall–Kier alpha value is -2.16. The quantitative estimate of drug-likeness (QED) is 0.499. The van der Waals surface area contributed by atoms with Crippen molar-refractivity contribution in [1.82, 2.24) is 5.32 Å². The Morgan fingerprint density at radius 2 is 1.70 bits per heavy atom. The lowest BCUT2D eigenvalue weighted by Crippen LogP contribution is -2.38. The smallest absolute Gasteiger partial charge is 0.414 e. The highest BCUT2D eigenvalue weighted by Gasteiger charge is 2.07. The van der Waals surface area contributed by atoms with Crippen LogP contribution in [0.1, 0.15) is 6.92 Å². The Bertz CT molecular complexity index is 440. The van der Waals surface area contributed by atoms with Crippen LogP contribution in [0.3, 0.4) is 0 Å². The van der Waals surface area contributed by atoms with Crippen molar-refractivity contribution in [2.45, 2.75) is 19.1 Å². The zero-order chi connectivity index (χ0) is 17.7. The maximum atomic E-state index is 9.70. The Balaban J connectivity index is 0.000000688. The first-order valence-corrected chi connectivity index (χ1v) is 6.91. The lowest BCUT2D eigenvalue weighted by Gasteiger charge is -2.16. The zero-order valence-corrected chi connectivity index (χ0v) is 13.1. The molecule has 0 aliphatic rings. The van der Waals surface area contributed by atoms with Crippen LogP contribution < -0.4 is 10.1 Å². The van der Waals surface area contributed by atoms with E-state index in [0.29, 0.717) is 13.2 Å². The average Bonchev–Trinajstić information content (AvgIpc) is 2.52. The first kappa shape index (κ1) is 20.8. The van der Waals surface area contributed by atoms with Crippen molar-refractivity contribution < 1.29 is 34.4 Å². The highest BCUT2D eigenvalue weighted by atomic mass is 16.5. The maximum absolute atomic E-state index is 9.70. The fraction of sp³-hybridized carbons (Fsp3) is 0.467. The summed E-state index contributed by atoms with van der Waals surface area (Å²) >= 11 is 0. The third-order valence-corrected chi connectivity index (χ3v) is 2.49. The van der Waals surface area contributed by atoms with Gasteiger partial charge in [-0.3, -0.25) is 0 Å². The van der Waals surface area contributed by atoms with Gasteiger partial charge in [0.25, 0.3) is 0 Å². The number of methoxy groups -OCH3 is 1. The first-order chi connectivity index (χ1) is 10.9. The van der Waals surface area contributed by atoms with Gasteiger partial charge in [-0.15, -0.1) is 0 Å². The van der Waals surface area contributed by atoms with Gasteiger partial charge in [0, 0.05) is 19.7 Å². The minimum absolute atomic E-state index is 0.228. The summed E-state index contributed by atoms with van der Waals surface area (Å²) < 4.78 is 10.4. The van der Waals surface area contributed by atoms with Gasteiger partial charge in [0.05, 0.1) is 6.61 Å². The molecule has 0 amide bonds. The molecule has 130 valence electrons. The van der Waals surface area contributed by atoms with E-state index < -0.39 is 18.0 Å². The largest absolute Gasteiger partial charge is 0.491 e. The summed E-state index contributed by atoms with van der Waals surface area (Å²) in [6.45, 7) is 3.43. The van der Waals surface area contributed by atoms with Gasteiger partial charge in [-0.05, 0) is 19.1 Å². The third kappa shape index (κ3) is 12.1. The number of carbonyl (C=O) groups is 2. The van der Waals surface area contributed by atoms with Crippen LogP contribution in [0, 0.1) is 0 Å². The molecule has 0 bridgehead atoms. The van der Waals surface area contributed by atoms with Crippen LogP contribution in [0.25, 0.3) is 0 Å². The van der Waals surface area contributed by atoms with E-state index in [1.807, 2.05) is 37.3 Å². The van der Waals surface area contributed by atoms with E-state index in [-0.39, 0.29) is 12.6 Å². The summed E-state index contributed by atoms with van der Waals surface area (Å²) in [6.07, 6.45) is -0.519. The lowest BCUT2D eigenvalue weighted by atomic mass is 10.3. The molecule has 2 atom stereocenters. The van der Waals surface area contributed by atoms with Gasteiger partial charge in [0.1, 0.15) is 18.5 Å². The van der Waals surface area contributed by atoms with E-state index in [1.165, 1.54) is 0 Å². The lowest BCUT2D eigenvalue weighted by molar-refractivity contribution is -0.159. The number of aliphatic hydroxyl groups is 1. The van der Waals surface area contributed by atoms with Gasteiger partial charge in [-0.2, -0.15) is 0 Å². The molecular formula is C15H23NO7. The predicted molar refractivity (Wildman–Crippen MR) is 82.6 cm³/mol. The molecule has 0 aromatic heterocycles. The van der Waals surface area contributed by atoms with Crippen LogP contribution in [0.4, 0.5) is 0 Å². The predicted octanol–water partition coefficient (Wildman–Crippen LogP) is 0.206. The third-order valence-electron chi connectivity index (χ3n) is 2.49. The number of carboxylic acids is 2. The Morgan fingerprint density at radius 3 is 2.17 bits per heavy atom. The molecule has 0 saturated carbocycles. The molecule has 0 aliphatic carbocycles. The highest BCUT2D eigenvalue weighted by Crippen LogP contribution is 2.08. The Kier molecular flexibility index (Phi) is 11.2. The molecule has 1 rings (SSSR count). The van der Waals surface area contributed by atoms with Crippen molar-refractivity contribution in [1.29, 1.82) is 0 Å². The van der Waals surface area contributed by atoms with Crippen molar-refractivity contribution in [2.75, 3.05) is 26.9 Å². The summed E-state index contributed by atoms with van der Waals surface area (Å²) in [7, 11) is 1.66. The number of hydrogen-bond donors (Lipinski definition) is 4. The van der Waals surface area contributed by atoms with Gasteiger partial charge < -0.3 is 30.1 Å². The molecule has 1 aromatic rings. The zero-order valence-electron chi connectivity index (χ0n) is 13.1. The molecule has 1 aromatic carbocycles. The number of hydrogen-bond acceptors (Lipinski definition) is 6. The number of rotatable bonds is 8. The second-order valence-corrected chi connectivity index (χ2v) is 4.65. The minimum Gasteiger partial charge on any atom is -0.491 e. The van der Waals surface area contributed by atoms with Crippen molar-refractivity contribution in [3.63, 3.8) is 0 Å². The monoisotopic (exact) mass is 329 g/mol. The van der Waals surface area contributed by atoms with Gasteiger partial charge in [-0.1, -0.05) is 18.2 Å². The molecule has 0 heterocycles. The van der Waals surface area contributed by atoms with Crippen LogP contribution in [0.15, 0.2) is 30.3 Å². The molecule has 0 spiro atoms. The molecule has 0 fully saturated rings. The Labute approximate surface area is 134 Å². The van der Waals surface area contributed by atoms with Gasteiger partial charge in [0.15, 0.2) is 0 Å². The van der Waals surface area contributed by atoms with Crippen LogP contribution in [-0.4, -0.2) is 66.3 Å². The highest BCUT2D eigenvalue weighted by molar-refractivity contribution is 6.27. The number of benzene rings is 1. The fourth-order valence-corrected chi connectivity index (χ4v) is 1.41. The summed E-state index contributed by atoms with van der Waals surface area (Å²) in [5.41, 5.74) is 0. The number of carboxylic acid groups (broad SMARTS) is 2. The first-order valence-electron chi connectivity index (χ1n) is 6.91. The van der Waals surface area contributed by atoms with Crippen molar-refractivity contribution in [3.8, 4) is 5.75 Å². The fourth-order valence-electron chi connectivity index (χ4n) is 1.41. The normalized spacial score (nSPS) is 12.5. The molecule has 8 heteroatoms. The average molecular weight is 329 g/mol. The van der Waals surface area contributed by atoms with E-state index in [0.717, 1.165) is 5.75 Å². The number of aliphatic carboxylic acids is 2. The number of para-hydroxylation sites is 1. The van der Waals surface area contributed by atoms with Crippen LogP contribution >= 0.6 is 0 Å². The van der Waals surface area contributed by atoms with Gasteiger partial charge >= 0.3 is 11.9 Å². The summed E-state index contributed by atoms with van der Waals surface area (Å²) in [5, 5.41) is 27.6.